The molecule has 1 aliphatic carbocycles. The van der Waals surface area contributed by atoms with E-state index in [2.05, 4.69) is 20.5 Å². The fourth-order valence-electron chi connectivity index (χ4n) is 4.94. The second-order valence-corrected chi connectivity index (χ2v) is 12.6. The zero-order chi connectivity index (χ0) is 33.0. The van der Waals surface area contributed by atoms with Crippen molar-refractivity contribution in [1.82, 2.24) is 25.2 Å². The van der Waals surface area contributed by atoms with Crippen LogP contribution in [0.4, 0.5) is 0 Å². The number of carboxylic acid groups (broad SMARTS) is 1. The Bertz CT molecular complexity index is 1480. The number of sulfonamides is 1. The Balaban J connectivity index is 0.00000130. The summed E-state index contributed by atoms with van der Waals surface area (Å²) >= 11 is 0. The number of amides is 3. The second-order valence-electron chi connectivity index (χ2n) is 10.8. The predicted octanol–water partition coefficient (Wildman–Crippen LogP) is -0.450. The summed E-state index contributed by atoms with van der Waals surface area (Å²) in [4.78, 5) is 51.5. The van der Waals surface area contributed by atoms with Gasteiger partial charge in [0.2, 0.25) is 27.7 Å². The number of nitrogens with two attached hydrogens (primary N) is 1. The largest absolute Gasteiger partial charge is 0.481 e. The van der Waals surface area contributed by atoms with E-state index in [1.165, 1.54) is 23.4 Å². The van der Waals surface area contributed by atoms with Crippen LogP contribution in [0.2, 0.25) is 0 Å². The molecule has 246 valence electrons. The average molecular weight is 648 g/mol. The van der Waals surface area contributed by atoms with Crippen molar-refractivity contribution in [3.63, 3.8) is 0 Å². The third-order valence-corrected chi connectivity index (χ3v) is 8.55. The van der Waals surface area contributed by atoms with Crippen molar-refractivity contribution in [1.29, 1.82) is 0 Å². The van der Waals surface area contributed by atoms with E-state index < -0.39 is 46.2 Å². The van der Waals surface area contributed by atoms with Gasteiger partial charge in [0.15, 0.2) is 0 Å². The SMILES string of the molecule is CC(=O)O.NN=CN1CCC[C@H](NC(=O)C[C@H](NS(=O)(=O)c2ccc3ccccc3c2)C(=O)N(CC(=O)NCCO)C2CC2)C1. The number of benzene rings is 2. The topological polar surface area (TPSA) is 224 Å². The van der Waals surface area contributed by atoms with Crippen LogP contribution in [-0.2, 0) is 29.2 Å². The lowest BCUT2D eigenvalue weighted by molar-refractivity contribution is -0.139. The molecule has 0 bridgehead atoms. The van der Waals surface area contributed by atoms with Crippen molar-refractivity contribution >= 4 is 50.8 Å². The van der Waals surface area contributed by atoms with Crippen molar-refractivity contribution in [3.05, 3.63) is 42.5 Å². The van der Waals surface area contributed by atoms with Crippen LogP contribution in [0, 0.1) is 0 Å². The third kappa shape index (κ3) is 11.3. The average Bonchev–Trinajstić information content (AvgIpc) is 3.83. The molecule has 16 heteroatoms. The molecule has 2 aliphatic rings. The van der Waals surface area contributed by atoms with Gasteiger partial charge in [0, 0.05) is 38.6 Å². The molecular weight excluding hydrogens is 606 g/mol. The van der Waals surface area contributed by atoms with Gasteiger partial charge < -0.3 is 36.5 Å². The smallest absolute Gasteiger partial charge is 0.300 e. The summed E-state index contributed by atoms with van der Waals surface area (Å²) in [5.41, 5.74) is 0. The van der Waals surface area contributed by atoms with Crippen LogP contribution in [0.3, 0.4) is 0 Å². The first-order valence-electron chi connectivity index (χ1n) is 14.6. The molecule has 4 rings (SSSR count). The van der Waals surface area contributed by atoms with E-state index in [0.29, 0.717) is 31.2 Å². The fourth-order valence-corrected chi connectivity index (χ4v) is 6.17. The van der Waals surface area contributed by atoms with Crippen LogP contribution in [0.25, 0.3) is 10.8 Å². The van der Waals surface area contributed by atoms with E-state index >= 15 is 0 Å². The normalized spacial score (nSPS) is 17.2. The van der Waals surface area contributed by atoms with E-state index in [4.69, 9.17) is 20.9 Å². The molecule has 1 heterocycles. The van der Waals surface area contributed by atoms with Crippen LogP contribution in [0.1, 0.15) is 39.0 Å². The zero-order valence-corrected chi connectivity index (χ0v) is 25.9. The lowest BCUT2D eigenvalue weighted by Gasteiger charge is -2.32. The number of fused-ring (bicyclic) bond motifs is 1. The first kappa shape index (κ1) is 35.2. The van der Waals surface area contributed by atoms with Crippen LogP contribution in [0.5, 0.6) is 0 Å². The van der Waals surface area contributed by atoms with Gasteiger partial charge in [-0.1, -0.05) is 30.3 Å². The maximum atomic E-state index is 13.8. The summed E-state index contributed by atoms with van der Waals surface area (Å²) in [6, 6.07) is 10.0. The van der Waals surface area contributed by atoms with Gasteiger partial charge in [0.25, 0.3) is 5.97 Å². The minimum atomic E-state index is -4.22. The Morgan fingerprint density at radius 2 is 1.80 bits per heavy atom. The highest BCUT2D eigenvalue weighted by Gasteiger charge is 2.39. The van der Waals surface area contributed by atoms with Crippen LogP contribution >= 0.6 is 0 Å². The van der Waals surface area contributed by atoms with Gasteiger partial charge in [0.05, 0.1) is 24.5 Å². The molecule has 15 nitrogen and oxygen atoms in total. The first-order valence-corrected chi connectivity index (χ1v) is 16.1. The molecule has 1 saturated carbocycles. The number of carbonyl (C=O) groups is 4. The van der Waals surface area contributed by atoms with Gasteiger partial charge in [-0.3, -0.25) is 19.2 Å². The maximum absolute atomic E-state index is 13.8. The van der Waals surface area contributed by atoms with Gasteiger partial charge in [-0.25, -0.2) is 8.42 Å². The molecule has 2 aromatic rings. The summed E-state index contributed by atoms with van der Waals surface area (Å²) in [6.07, 6.45) is 3.88. The number of nitrogens with zero attached hydrogens (tertiary/aromatic N) is 3. The highest BCUT2D eigenvalue weighted by atomic mass is 32.2. The molecule has 3 amide bonds. The van der Waals surface area contributed by atoms with Gasteiger partial charge in [-0.15, -0.1) is 0 Å². The molecule has 7 N–H and O–H groups in total. The summed E-state index contributed by atoms with van der Waals surface area (Å²) in [6.45, 7) is 1.77. The minimum Gasteiger partial charge on any atom is -0.481 e. The highest BCUT2D eigenvalue weighted by Crippen LogP contribution is 2.28. The van der Waals surface area contributed by atoms with Crippen LogP contribution in [-0.4, -0.2) is 109 Å². The van der Waals surface area contributed by atoms with Crippen molar-refractivity contribution < 1.29 is 37.8 Å². The molecule has 0 spiro atoms. The number of piperidine rings is 1. The van der Waals surface area contributed by atoms with E-state index in [1.54, 1.807) is 18.2 Å². The Kier molecular flexibility index (Phi) is 13.1. The molecule has 1 aliphatic heterocycles. The van der Waals surface area contributed by atoms with Crippen molar-refractivity contribution in [3.8, 4) is 0 Å². The van der Waals surface area contributed by atoms with E-state index in [0.717, 1.165) is 25.3 Å². The summed E-state index contributed by atoms with van der Waals surface area (Å²) < 4.78 is 29.4. The van der Waals surface area contributed by atoms with Crippen LogP contribution < -0.4 is 21.2 Å². The molecule has 2 aromatic carbocycles. The number of likely N-dealkylation sites (tertiary alicyclic amines) is 1. The second kappa shape index (κ2) is 16.7. The third-order valence-electron chi connectivity index (χ3n) is 7.08. The lowest BCUT2D eigenvalue weighted by Crippen LogP contribution is -2.54. The Hall–Kier alpha value is -4.28. The molecule has 1 saturated heterocycles. The highest BCUT2D eigenvalue weighted by molar-refractivity contribution is 7.89. The lowest BCUT2D eigenvalue weighted by atomic mass is 10.1. The van der Waals surface area contributed by atoms with Gasteiger partial charge in [0.1, 0.15) is 12.4 Å². The quantitative estimate of drug-likeness (QED) is 0.0711. The maximum Gasteiger partial charge on any atom is 0.300 e. The predicted molar refractivity (Wildman–Crippen MR) is 166 cm³/mol. The van der Waals surface area contributed by atoms with Crippen molar-refractivity contribution in [2.75, 3.05) is 32.8 Å². The molecular formula is C29H41N7O8S. The van der Waals surface area contributed by atoms with Gasteiger partial charge >= 0.3 is 0 Å². The summed E-state index contributed by atoms with van der Waals surface area (Å²) in [7, 11) is -4.22. The molecule has 0 aromatic heterocycles. The van der Waals surface area contributed by atoms with E-state index in [9.17, 15) is 22.8 Å². The Labute approximate surface area is 261 Å². The Morgan fingerprint density at radius 3 is 2.44 bits per heavy atom. The number of hydrogen-bond donors (Lipinski definition) is 6. The number of hydrazone groups is 1. The zero-order valence-electron chi connectivity index (χ0n) is 25.1. The number of nitrogens with one attached hydrogen (secondary N) is 3. The molecule has 0 unspecified atom stereocenters. The summed E-state index contributed by atoms with van der Waals surface area (Å²) in [5.74, 6) is 2.78. The van der Waals surface area contributed by atoms with Gasteiger partial charge in [-0.2, -0.15) is 9.82 Å². The van der Waals surface area contributed by atoms with E-state index in [-0.39, 0.29) is 36.7 Å². The van der Waals surface area contributed by atoms with Crippen LogP contribution in [0.15, 0.2) is 52.5 Å². The number of hydrogen-bond acceptors (Lipinski definition) is 9. The number of carbonyl (C=O) groups excluding carboxylic acids is 3. The number of aliphatic hydroxyl groups is 1. The summed E-state index contributed by atoms with van der Waals surface area (Å²) in [5, 5.41) is 26.9. The number of aliphatic carboxylic acids is 1. The van der Waals surface area contributed by atoms with Crippen molar-refractivity contribution in [2.45, 2.75) is 62.0 Å². The molecule has 2 atom stereocenters. The molecule has 0 radical (unpaired) electrons. The standard InChI is InChI=1S/C27H37N7O6S.C2H4O2/c28-30-18-33-12-3-6-21(16-33)31-25(36)15-24(27(38)34(22-8-9-22)17-26(37)29-11-13-35)32-41(39,40)23-10-7-19-4-1-2-5-20(19)14-23;1-2(3)4/h1-2,4-5,7,10,14,18,21-22,24,32,35H,3,6,8-9,11-13,15-17,28H2,(H,29,37)(H,31,36);1H3,(H,3,4)/t21-,24-;/m0./s1. The first-order chi connectivity index (χ1) is 21.4. The van der Waals surface area contributed by atoms with Crippen molar-refractivity contribution in [2.24, 2.45) is 10.9 Å². The molecule has 45 heavy (non-hydrogen) atoms. The van der Waals surface area contributed by atoms with Gasteiger partial charge in [-0.05, 0) is 48.6 Å². The number of rotatable bonds is 13. The molecule has 2 fully saturated rings. The number of aliphatic hydroxyl groups excluding tert-OH is 1. The monoisotopic (exact) mass is 647 g/mol. The Morgan fingerprint density at radius 1 is 1.11 bits per heavy atom. The van der Waals surface area contributed by atoms with E-state index in [1.807, 2.05) is 17.0 Å². The minimum absolute atomic E-state index is 0.0270. The fraction of sp³-hybridized carbons (Fsp3) is 0.483. The number of carboxylic acids is 1.